The van der Waals surface area contributed by atoms with Crippen molar-refractivity contribution in [3.63, 3.8) is 0 Å². The molecule has 30 heavy (non-hydrogen) atoms. The number of carbonyl (C=O) groups is 2. The molecule has 0 bridgehead atoms. The highest BCUT2D eigenvalue weighted by Crippen LogP contribution is 2.39. The van der Waals surface area contributed by atoms with Gasteiger partial charge >= 0.3 is 11.9 Å². The molecular formula is C19H21N3O8. The minimum absolute atomic E-state index is 0.00541. The first-order valence-electron chi connectivity index (χ1n) is 8.77. The van der Waals surface area contributed by atoms with E-state index in [2.05, 4.69) is 5.16 Å². The summed E-state index contributed by atoms with van der Waals surface area (Å²) in [6, 6.07) is 0. The summed E-state index contributed by atoms with van der Waals surface area (Å²) in [5.74, 6) is -1.81. The quantitative estimate of drug-likeness (QED) is 0.302. The van der Waals surface area contributed by atoms with E-state index in [9.17, 15) is 30.1 Å². The van der Waals surface area contributed by atoms with Crippen molar-refractivity contribution in [1.82, 2.24) is 5.06 Å². The second-order valence-corrected chi connectivity index (χ2v) is 6.58. The Hall–Kier alpha value is -3.73. The van der Waals surface area contributed by atoms with Crippen molar-refractivity contribution in [2.75, 3.05) is 7.11 Å². The molecule has 1 heterocycles. The van der Waals surface area contributed by atoms with Crippen LogP contribution in [0.25, 0.3) is 0 Å². The molecule has 2 N–H and O–H groups in total. The third-order valence-corrected chi connectivity index (χ3v) is 4.38. The summed E-state index contributed by atoms with van der Waals surface area (Å²) in [5.41, 5.74) is -1.69. The monoisotopic (exact) mass is 419 g/mol. The molecule has 0 spiro atoms. The number of oxime groups is 1. The zero-order chi connectivity index (χ0) is 22.7. The van der Waals surface area contributed by atoms with E-state index in [-0.39, 0.29) is 33.7 Å². The van der Waals surface area contributed by atoms with Crippen LogP contribution in [-0.2, 0) is 19.1 Å². The molecule has 1 aliphatic carbocycles. The lowest BCUT2D eigenvalue weighted by Gasteiger charge is -2.31. The summed E-state index contributed by atoms with van der Waals surface area (Å²) in [4.78, 5) is 36.1. The molecule has 0 aromatic carbocycles. The molecule has 0 amide bonds. The van der Waals surface area contributed by atoms with Gasteiger partial charge in [-0.25, -0.2) is 14.7 Å². The molecule has 11 nitrogen and oxygen atoms in total. The fourth-order valence-corrected chi connectivity index (χ4v) is 3.08. The normalized spacial score (nSPS) is 20.7. The van der Waals surface area contributed by atoms with Gasteiger partial charge in [-0.1, -0.05) is 17.3 Å². The zero-order valence-corrected chi connectivity index (χ0v) is 17.0. The Labute approximate surface area is 171 Å². The van der Waals surface area contributed by atoms with Gasteiger partial charge in [-0.15, -0.1) is 0 Å². The first-order valence-corrected chi connectivity index (χ1v) is 8.77. The number of hydroxylamine groups is 2. The number of ether oxygens (including phenoxy) is 2. The van der Waals surface area contributed by atoms with Crippen molar-refractivity contribution in [3.05, 3.63) is 67.7 Å². The summed E-state index contributed by atoms with van der Waals surface area (Å²) in [6.07, 6.45) is 3.23. The topological polar surface area (TPSA) is 152 Å². The van der Waals surface area contributed by atoms with Crippen LogP contribution >= 0.6 is 0 Å². The van der Waals surface area contributed by atoms with E-state index in [0.29, 0.717) is 5.06 Å². The van der Waals surface area contributed by atoms with Crippen LogP contribution in [0.1, 0.15) is 27.7 Å². The summed E-state index contributed by atoms with van der Waals surface area (Å²) in [6.45, 7) is 6.02. The Bertz CT molecular complexity index is 995. The molecule has 0 radical (unpaired) electrons. The standard InChI is InChI=1S/C19H21N3O8/c1-9(2)30-19(24)15-11(4)21(26)10(3)14(18(23)29-5)16(15)12-7-6-8-13(22(27)28)17(12)20-25/h6-9,25-26H,1-5H3/b16-12-,20-17-. The molecule has 0 atom stereocenters. The van der Waals surface area contributed by atoms with E-state index in [4.69, 9.17) is 9.47 Å². The lowest BCUT2D eigenvalue weighted by molar-refractivity contribution is -0.415. The van der Waals surface area contributed by atoms with Crippen LogP contribution in [0.4, 0.5) is 0 Å². The van der Waals surface area contributed by atoms with Gasteiger partial charge in [0.1, 0.15) is 0 Å². The second-order valence-electron chi connectivity index (χ2n) is 6.58. The maximum atomic E-state index is 12.9. The molecule has 1 aliphatic heterocycles. The van der Waals surface area contributed by atoms with Crippen LogP contribution in [0.2, 0.25) is 0 Å². The fraction of sp³-hybridized carbons (Fsp3) is 0.316. The average Bonchev–Trinajstić information content (AvgIpc) is 2.69. The van der Waals surface area contributed by atoms with Crippen LogP contribution in [-0.4, -0.2) is 51.3 Å². The van der Waals surface area contributed by atoms with Gasteiger partial charge in [0, 0.05) is 17.2 Å². The lowest BCUT2D eigenvalue weighted by atomic mass is 9.84. The molecule has 0 saturated carbocycles. The third-order valence-electron chi connectivity index (χ3n) is 4.38. The molecule has 2 aliphatic rings. The number of hydrogen-bond donors (Lipinski definition) is 2. The highest BCUT2D eigenvalue weighted by atomic mass is 16.6. The maximum absolute atomic E-state index is 12.9. The highest BCUT2D eigenvalue weighted by Gasteiger charge is 2.40. The predicted molar refractivity (Wildman–Crippen MR) is 103 cm³/mol. The maximum Gasteiger partial charge on any atom is 0.340 e. The molecule has 160 valence electrons. The second kappa shape index (κ2) is 8.74. The number of esters is 2. The zero-order valence-electron chi connectivity index (χ0n) is 17.0. The summed E-state index contributed by atoms with van der Waals surface area (Å²) in [7, 11) is 1.10. The van der Waals surface area contributed by atoms with E-state index in [1.165, 1.54) is 26.0 Å². The van der Waals surface area contributed by atoms with Crippen molar-refractivity contribution in [1.29, 1.82) is 0 Å². The fourth-order valence-electron chi connectivity index (χ4n) is 3.08. The van der Waals surface area contributed by atoms with E-state index >= 15 is 0 Å². The minimum Gasteiger partial charge on any atom is -0.465 e. The molecule has 0 unspecified atom stereocenters. The SMILES string of the molecule is COC(=O)C1=C(C)N(O)C(C)=C(C(=O)OC(C)C)/C1=C1/C=CC=C([N+](=O)[O-])/C1=N\O. The van der Waals surface area contributed by atoms with Crippen LogP contribution < -0.4 is 0 Å². The van der Waals surface area contributed by atoms with Crippen molar-refractivity contribution >= 4 is 17.7 Å². The van der Waals surface area contributed by atoms with Crippen LogP contribution in [0.3, 0.4) is 0 Å². The molecule has 11 heteroatoms. The van der Waals surface area contributed by atoms with E-state index in [0.717, 1.165) is 13.2 Å². The van der Waals surface area contributed by atoms with Crippen molar-refractivity contribution in [3.8, 4) is 0 Å². The number of allylic oxidation sites excluding steroid dienone is 6. The van der Waals surface area contributed by atoms with E-state index in [1.807, 2.05) is 0 Å². The Balaban J connectivity index is 2.95. The van der Waals surface area contributed by atoms with E-state index < -0.39 is 34.4 Å². The highest BCUT2D eigenvalue weighted by molar-refractivity contribution is 6.18. The Morgan fingerprint density at radius 1 is 1.20 bits per heavy atom. The molecule has 0 saturated heterocycles. The minimum atomic E-state index is -0.917. The molecule has 2 rings (SSSR count). The largest absolute Gasteiger partial charge is 0.465 e. The van der Waals surface area contributed by atoms with Crippen LogP contribution in [0, 0.1) is 10.1 Å². The summed E-state index contributed by atoms with van der Waals surface area (Å²) in [5, 5.41) is 35.0. The Kier molecular flexibility index (Phi) is 6.57. The number of hydrogen-bond acceptors (Lipinski definition) is 10. The molecule has 0 aromatic heterocycles. The van der Waals surface area contributed by atoms with Gasteiger partial charge in [0.15, 0.2) is 5.71 Å². The first-order chi connectivity index (χ1) is 14.1. The molecule has 0 fully saturated rings. The Morgan fingerprint density at radius 2 is 1.77 bits per heavy atom. The summed E-state index contributed by atoms with van der Waals surface area (Å²) < 4.78 is 10.0. The van der Waals surface area contributed by atoms with Gasteiger partial charge in [-0.2, -0.15) is 0 Å². The molecular weight excluding hydrogens is 398 g/mol. The average molecular weight is 419 g/mol. The number of carbonyl (C=O) groups excluding carboxylic acids is 2. The summed E-state index contributed by atoms with van der Waals surface area (Å²) >= 11 is 0. The van der Waals surface area contributed by atoms with Gasteiger partial charge in [0.05, 0.1) is 40.7 Å². The van der Waals surface area contributed by atoms with Crippen LogP contribution in [0.15, 0.2) is 62.8 Å². The Morgan fingerprint density at radius 3 is 2.23 bits per heavy atom. The number of rotatable bonds is 4. The first kappa shape index (κ1) is 22.6. The van der Waals surface area contributed by atoms with Crippen LogP contribution in [0.5, 0.6) is 0 Å². The number of methoxy groups -OCH3 is 1. The van der Waals surface area contributed by atoms with E-state index in [1.54, 1.807) is 13.8 Å². The van der Waals surface area contributed by atoms with Crippen molar-refractivity contribution in [2.24, 2.45) is 5.16 Å². The van der Waals surface area contributed by atoms with Gasteiger partial charge < -0.3 is 14.7 Å². The number of nitro groups is 1. The van der Waals surface area contributed by atoms with Gasteiger partial charge in [0.2, 0.25) is 0 Å². The van der Waals surface area contributed by atoms with Gasteiger partial charge in [0.25, 0.3) is 5.70 Å². The molecule has 0 aromatic rings. The lowest BCUT2D eigenvalue weighted by Crippen LogP contribution is -2.32. The van der Waals surface area contributed by atoms with Gasteiger partial charge in [-0.05, 0) is 27.7 Å². The smallest absolute Gasteiger partial charge is 0.340 e. The van der Waals surface area contributed by atoms with Crippen molar-refractivity contribution < 1.29 is 34.4 Å². The van der Waals surface area contributed by atoms with Gasteiger partial charge in [-0.3, -0.25) is 15.3 Å². The number of nitrogens with zero attached hydrogens (tertiary/aromatic N) is 3. The predicted octanol–water partition coefficient (Wildman–Crippen LogP) is 2.22. The van der Waals surface area contributed by atoms with Crippen molar-refractivity contribution in [2.45, 2.75) is 33.8 Å². The third kappa shape index (κ3) is 3.87.